The van der Waals surface area contributed by atoms with E-state index in [9.17, 15) is 4.79 Å². The average molecular weight is 333 g/mol. The number of carbonyl (C=O) groups excluding carboxylic acids is 1. The molecule has 1 atom stereocenters. The Balaban J connectivity index is 1.62. The van der Waals surface area contributed by atoms with Gasteiger partial charge in [-0.2, -0.15) is 0 Å². The second-order valence-electron chi connectivity index (χ2n) is 6.39. The van der Waals surface area contributed by atoms with Crippen molar-refractivity contribution in [1.29, 1.82) is 0 Å². The van der Waals surface area contributed by atoms with Gasteiger partial charge < -0.3 is 14.7 Å². The molecule has 25 heavy (non-hydrogen) atoms. The summed E-state index contributed by atoms with van der Waals surface area (Å²) in [6.07, 6.45) is 0. The van der Waals surface area contributed by atoms with Gasteiger partial charge in [0.25, 0.3) is 5.91 Å². The third-order valence-electron chi connectivity index (χ3n) is 4.46. The third-order valence-corrected chi connectivity index (χ3v) is 4.46. The SMILES string of the molecule is Cc1ccc2oc(C(=O)NC(C)c3nc4ccccc4[nH]3)c(C)c2c1. The smallest absolute Gasteiger partial charge is 0.287 e. The van der Waals surface area contributed by atoms with Crippen LogP contribution in [0.2, 0.25) is 0 Å². The van der Waals surface area contributed by atoms with Crippen molar-refractivity contribution in [2.75, 3.05) is 0 Å². The molecule has 0 bridgehead atoms. The molecule has 1 amide bonds. The number of fused-ring (bicyclic) bond motifs is 2. The lowest BCUT2D eigenvalue weighted by atomic mass is 10.1. The Morgan fingerprint density at radius 3 is 2.80 bits per heavy atom. The number of benzene rings is 2. The van der Waals surface area contributed by atoms with Gasteiger partial charge in [-0.3, -0.25) is 4.79 Å². The van der Waals surface area contributed by atoms with E-state index < -0.39 is 0 Å². The number of hydrogen-bond acceptors (Lipinski definition) is 3. The predicted octanol–water partition coefficient (Wildman–Crippen LogP) is 4.42. The molecule has 2 aromatic carbocycles. The number of aromatic amines is 1. The lowest BCUT2D eigenvalue weighted by Crippen LogP contribution is -2.27. The molecule has 4 rings (SSSR count). The normalized spacial score (nSPS) is 12.6. The van der Waals surface area contributed by atoms with E-state index in [1.165, 1.54) is 0 Å². The van der Waals surface area contributed by atoms with Crippen LogP contribution in [-0.4, -0.2) is 15.9 Å². The summed E-state index contributed by atoms with van der Waals surface area (Å²) in [5.74, 6) is 0.835. The van der Waals surface area contributed by atoms with Crippen molar-refractivity contribution in [3.63, 3.8) is 0 Å². The minimum absolute atomic E-state index is 0.237. The van der Waals surface area contributed by atoms with Crippen LogP contribution in [0.1, 0.15) is 40.5 Å². The Kier molecular flexibility index (Phi) is 3.57. The molecule has 1 unspecified atom stereocenters. The van der Waals surface area contributed by atoms with Gasteiger partial charge in [0.1, 0.15) is 11.4 Å². The minimum Gasteiger partial charge on any atom is -0.451 e. The van der Waals surface area contributed by atoms with Crippen molar-refractivity contribution in [2.24, 2.45) is 0 Å². The van der Waals surface area contributed by atoms with Gasteiger partial charge in [0.05, 0.1) is 17.1 Å². The molecule has 4 aromatic rings. The van der Waals surface area contributed by atoms with Crippen molar-refractivity contribution in [1.82, 2.24) is 15.3 Å². The Labute approximate surface area is 145 Å². The number of hydrogen-bond donors (Lipinski definition) is 2. The van der Waals surface area contributed by atoms with Crippen molar-refractivity contribution < 1.29 is 9.21 Å². The Hall–Kier alpha value is -3.08. The van der Waals surface area contributed by atoms with E-state index in [1.54, 1.807) is 0 Å². The number of nitrogens with one attached hydrogen (secondary N) is 2. The molecule has 0 aliphatic rings. The summed E-state index contributed by atoms with van der Waals surface area (Å²) >= 11 is 0. The highest BCUT2D eigenvalue weighted by Crippen LogP contribution is 2.26. The first-order chi connectivity index (χ1) is 12.0. The molecule has 0 aliphatic heterocycles. The van der Waals surface area contributed by atoms with Gasteiger partial charge in [-0.25, -0.2) is 4.98 Å². The van der Waals surface area contributed by atoms with E-state index in [-0.39, 0.29) is 11.9 Å². The molecule has 0 spiro atoms. The van der Waals surface area contributed by atoms with E-state index in [4.69, 9.17) is 4.42 Å². The van der Waals surface area contributed by atoms with Crippen molar-refractivity contribution >= 4 is 27.9 Å². The van der Waals surface area contributed by atoms with Crippen LogP contribution in [0, 0.1) is 13.8 Å². The van der Waals surface area contributed by atoms with E-state index in [0.717, 1.165) is 39.0 Å². The molecule has 0 fully saturated rings. The molecular formula is C20H19N3O2. The average Bonchev–Trinajstić information content (AvgIpc) is 3.17. The molecule has 0 saturated carbocycles. The van der Waals surface area contributed by atoms with Crippen LogP contribution in [0.5, 0.6) is 0 Å². The summed E-state index contributed by atoms with van der Waals surface area (Å²) in [7, 11) is 0. The topological polar surface area (TPSA) is 70.9 Å². The fourth-order valence-electron chi connectivity index (χ4n) is 3.06. The van der Waals surface area contributed by atoms with Crippen LogP contribution in [0.3, 0.4) is 0 Å². The molecule has 126 valence electrons. The number of para-hydroxylation sites is 2. The molecule has 0 radical (unpaired) electrons. The third kappa shape index (κ3) is 2.67. The lowest BCUT2D eigenvalue weighted by Gasteiger charge is -2.10. The molecule has 5 heteroatoms. The zero-order valence-electron chi connectivity index (χ0n) is 14.4. The highest BCUT2D eigenvalue weighted by atomic mass is 16.3. The predicted molar refractivity (Wildman–Crippen MR) is 97.7 cm³/mol. The maximum Gasteiger partial charge on any atom is 0.287 e. The van der Waals surface area contributed by atoms with Gasteiger partial charge in [0, 0.05) is 10.9 Å². The number of aryl methyl sites for hydroxylation is 2. The zero-order chi connectivity index (χ0) is 17.6. The number of furan rings is 1. The summed E-state index contributed by atoms with van der Waals surface area (Å²) < 4.78 is 5.77. The fraction of sp³-hybridized carbons (Fsp3) is 0.200. The number of amides is 1. The summed E-state index contributed by atoms with van der Waals surface area (Å²) in [6.45, 7) is 5.83. The number of H-pyrrole nitrogens is 1. The highest BCUT2D eigenvalue weighted by molar-refractivity contribution is 5.99. The van der Waals surface area contributed by atoms with Crippen LogP contribution in [0.25, 0.3) is 22.0 Å². The van der Waals surface area contributed by atoms with Gasteiger partial charge in [0.2, 0.25) is 0 Å². The molecular weight excluding hydrogens is 314 g/mol. The molecule has 0 aliphatic carbocycles. The molecule has 5 nitrogen and oxygen atoms in total. The maximum absolute atomic E-state index is 12.7. The van der Waals surface area contributed by atoms with Crippen molar-refractivity contribution in [2.45, 2.75) is 26.8 Å². The maximum atomic E-state index is 12.7. The van der Waals surface area contributed by atoms with E-state index in [0.29, 0.717) is 5.76 Å². The fourth-order valence-corrected chi connectivity index (χ4v) is 3.06. The number of carbonyl (C=O) groups is 1. The Morgan fingerprint density at radius 2 is 2.00 bits per heavy atom. The Bertz CT molecular complexity index is 1060. The van der Waals surface area contributed by atoms with Crippen LogP contribution in [0.4, 0.5) is 0 Å². The molecule has 2 aromatic heterocycles. The monoisotopic (exact) mass is 333 g/mol. The van der Waals surface area contributed by atoms with Crippen LogP contribution >= 0.6 is 0 Å². The first kappa shape index (κ1) is 15.4. The number of rotatable bonds is 3. The summed E-state index contributed by atoms with van der Waals surface area (Å²) in [5, 5.41) is 3.94. The van der Waals surface area contributed by atoms with E-state index in [1.807, 2.05) is 63.2 Å². The van der Waals surface area contributed by atoms with Gasteiger partial charge >= 0.3 is 0 Å². The number of nitrogens with zero attached hydrogens (tertiary/aromatic N) is 1. The molecule has 2 heterocycles. The van der Waals surface area contributed by atoms with Gasteiger partial charge in [-0.05, 0) is 45.0 Å². The van der Waals surface area contributed by atoms with Crippen LogP contribution < -0.4 is 5.32 Å². The summed E-state index contributed by atoms with van der Waals surface area (Å²) in [4.78, 5) is 20.5. The first-order valence-electron chi connectivity index (χ1n) is 8.28. The van der Waals surface area contributed by atoms with E-state index in [2.05, 4.69) is 15.3 Å². The standard InChI is InChI=1S/C20H19N3O2/c1-11-8-9-17-14(10-11)12(2)18(25-17)20(24)21-13(3)19-22-15-6-4-5-7-16(15)23-19/h4-10,13H,1-3H3,(H,21,24)(H,22,23). The highest BCUT2D eigenvalue weighted by Gasteiger charge is 2.21. The van der Waals surface area contributed by atoms with Crippen molar-refractivity contribution in [3.8, 4) is 0 Å². The quantitative estimate of drug-likeness (QED) is 0.583. The Morgan fingerprint density at radius 1 is 1.20 bits per heavy atom. The van der Waals surface area contributed by atoms with Crippen LogP contribution in [-0.2, 0) is 0 Å². The van der Waals surface area contributed by atoms with Gasteiger partial charge in [0.15, 0.2) is 5.76 Å². The number of imidazole rings is 1. The molecule has 2 N–H and O–H groups in total. The van der Waals surface area contributed by atoms with Gasteiger partial charge in [-0.1, -0.05) is 23.8 Å². The summed E-state index contributed by atoms with van der Waals surface area (Å²) in [5.41, 5.74) is 4.56. The largest absolute Gasteiger partial charge is 0.451 e. The lowest BCUT2D eigenvalue weighted by molar-refractivity contribution is 0.0911. The second-order valence-corrected chi connectivity index (χ2v) is 6.39. The first-order valence-corrected chi connectivity index (χ1v) is 8.28. The van der Waals surface area contributed by atoms with Crippen LogP contribution in [0.15, 0.2) is 46.9 Å². The zero-order valence-corrected chi connectivity index (χ0v) is 14.4. The number of aromatic nitrogens is 2. The van der Waals surface area contributed by atoms with Gasteiger partial charge in [-0.15, -0.1) is 0 Å². The summed E-state index contributed by atoms with van der Waals surface area (Å²) in [6, 6.07) is 13.5. The van der Waals surface area contributed by atoms with E-state index >= 15 is 0 Å². The minimum atomic E-state index is -0.255. The molecule has 0 saturated heterocycles. The second kappa shape index (κ2) is 5.77. The van der Waals surface area contributed by atoms with Crippen molar-refractivity contribution in [3.05, 3.63) is 65.2 Å².